The van der Waals surface area contributed by atoms with Crippen molar-refractivity contribution in [2.24, 2.45) is 0 Å². The highest BCUT2D eigenvalue weighted by molar-refractivity contribution is 5.73. The minimum absolute atomic E-state index is 0.162. The van der Waals surface area contributed by atoms with Gasteiger partial charge in [0.2, 0.25) is 11.8 Å². The van der Waals surface area contributed by atoms with E-state index in [1.54, 1.807) is 23.6 Å². The van der Waals surface area contributed by atoms with E-state index in [-0.39, 0.29) is 11.8 Å². The average Bonchev–Trinajstić information content (AvgIpc) is 2.47. The van der Waals surface area contributed by atoms with E-state index in [4.69, 9.17) is 0 Å². The zero-order chi connectivity index (χ0) is 16.8. The Morgan fingerprint density at radius 3 is 1.00 bits per heavy atom. The van der Waals surface area contributed by atoms with Crippen molar-refractivity contribution in [3.8, 4) is 0 Å². The van der Waals surface area contributed by atoms with Crippen molar-refractivity contribution < 1.29 is 9.59 Å². The first-order valence-electron chi connectivity index (χ1n) is 8.88. The molecule has 0 unspecified atom stereocenters. The molecule has 0 aromatic rings. The summed E-state index contributed by atoms with van der Waals surface area (Å²) < 4.78 is 0. The van der Waals surface area contributed by atoms with Crippen molar-refractivity contribution in [3.05, 3.63) is 0 Å². The minimum Gasteiger partial charge on any atom is -0.346 e. The fourth-order valence-electron chi connectivity index (χ4n) is 2.43. The smallest absolute Gasteiger partial charge is 0.219 e. The molecule has 0 atom stereocenters. The van der Waals surface area contributed by atoms with Gasteiger partial charge < -0.3 is 9.80 Å². The van der Waals surface area contributed by atoms with E-state index < -0.39 is 0 Å². The number of carbonyl (C=O) groups excluding carboxylic acids is 2. The molecule has 22 heavy (non-hydrogen) atoms. The van der Waals surface area contributed by atoms with Crippen LogP contribution >= 0.6 is 0 Å². The molecule has 4 heteroatoms. The average molecular weight is 312 g/mol. The van der Waals surface area contributed by atoms with E-state index in [1.807, 2.05) is 14.1 Å². The molecule has 2 amide bonds. The summed E-state index contributed by atoms with van der Waals surface area (Å²) in [4.78, 5) is 25.7. The summed E-state index contributed by atoms with van der Waals surface area (Å²) in [5, 5.41) is 0. The first-order chi connectivity index (χ1) is 10.4. The molecule has 0 saturated heterocycles. The van der Waals surface area contributed by atoms with E-state index in [9.17, 15) is 9.59 Å². The van der Waals surface area contributed by atoms with Crippen LogP contribution < -0.4 is 0 Å². The molecule has 0 rings (SSSR count). The lowest BCUT2D eigenvalue weighted by Gasteiger charge is -2.14. The lowest BCUT2D eigenvalue weighted by Crippen LogP contribution is -2.24. The fraction of sp³-hybridized carbons (Fsp3) is 0.889. The number of unbranched alkanes of at least 4 members (excludes halogenated alkanes) is 9. The largest absolute Gasteiger partial charge is 0.346 e. The molecule has 0 aromatic carbocycles. The Bertz CT molecular complexity index is 275. The molecular formula is C18H36N2O2. The van der Waals surface area contributed by atoms with E-state index in [0.717, 1.165) is 25.9 Å². The van der Waals surface area contributed by atoms with Crippen LogP contribution in [-0.2, 0) is 9.59 Å². The van der Waals surface area contributed by atoms with Gasteiger partial charge in [0.05, 0.1) is 0 Å². The molecule has 4 nitrogen and oxygen atoms in total. The van der Waals surface area contributed by atoms with Gasteiger partial charge in [0.15, 0.2) is 0 Å². The van der Waals surface area contributed by atoms with E-state index >= 15 is 0 Å². The first kappa shape index (κ1) is 20.9. The topological polar surface area (TPSA) is 40.6 Å². The molecule has 0 N–H and O–H groups in total. The molecule has 0 bridgehead atoms. The third kappa shape index (κ3) is 12.7. The van der Waals surface area contributed by atoms with Crippen molar-refractivity contribution in [2.75, 3.05) is 27.2 Å². The second-order valence-electron chi connectivity index (χ2n) is 6.42. The summed E-state index contributed by atoms with van der Waals surface area (Å²) in [6.45, 7) is 5.03. The summed E-state index contributed by atoms with van der Waals surface area (Å²) in [5.74, 6) is 0.323. The van der Waals surface area contributed by atoms with Gasteiger partial charge in [0.25, 0.3) is 0 Å². The Morgan fingerprint density at radius 2 is 0.773 bits per heavy atom. The second kappa shape index (κ2) is 13.6. The van der Waals surface area contributed by atoms with Crippen LogP contribution in [0.4, 0.5) is 0 Å². The SMILES string of the molecule is CC(=O)N(C)CCCCCCCCCCCCN(C)C(C)=O. The summed E-state index contributed by atoms with van der Waals surface area (Å²) in [6, 6.07) is 0. The van der Waals surface area contributed by atoms with Crippen molar-refractivity contribution in [1.29, 1.82) is 0 Å². The lowest BCUT2D eigenvalue weighted by atomic mass is 10.1. The molecule has 0 radical (unpaired) electrons. The van der Waals surface area contributed by atoms with Gasteiger partial charge >= 0.3 is 0 Å². The molecule has 0 fully saturated rings. The fourth-order valence-corrected chi connectivity index (χ4v) is 2.43. The highest BCUT2D eigenvalue weighted by atomic mass is 16.2. The summed E-state index contributed by atoms with van der Waals surface area (Å²) in [6.07, 6.45) is 12.6. The number of carbonyl (C=O) groups is 2. The van der Waals surface area contributed by atoms with Gasteiger partial charge in [-0.2, -0.15) is 0 Å². The van der Waals surface area contributed by atoms with Crippen LogP contribution in [0.2, 0.25) is 0 Å². The van der Waals surface area contributed by atoms with Gasteiger partial charge in [-0.1, -0.05) is 51.4 Å². The number of rotatable bonds is 13. The maximum atomic E-state index is 11.0. The number of amides is 2. The summed E-state index contributed by atoms with van der Waals surface area (Å²) >= 11 is 0. The zero-order valence-corrected chi connectivity index (χ0v) is 15.2. The minimum atomic E-state index is 0.162. The Hall–Kier alpha value is -1.06. The predicted octanol–water partition coefficient (Wildman–Crippen LogP) is 3.84. The number of hydrogen-bond acceptors (Lipinski definition) is 2. The molecule has 0 aromatic heterocycles. The molecule has 0 aliphatic rings. The van der Waals surface area contributed by atoms with Gasteiger partial charge in [0, 0.05) is 41.0 Å². The van der Waals surface area contributed by atoms with Crippen LogP contribution in [0.1, 0.15) is 78.1 Å². The summed E-state index contributed by atoms with van der Waals surface area (Å²) in [7, 11) is 3.74. The molecule has 130 valence electrons. The lowest BCUT2D eigenvalue weighted by molar-refractivity contribution is -0.128. The Morgan fingerprint density at radius 1 is 0.545 bits per heavy atom. The van der Waals surface area contributed by atoms with Crippen molar-refractivity contribution in [3.63, 3.8) is 0 Å². The first-order valence-corrected chi connectivity index (χ1v) is 8.88. The third-order valence-electron chi connectivity index (χ3n) is 4.31. The molecule has 0 heterocycles. The van der Waals surface area contributed by atoms with E-state index in [0.29, 0.717) is 0 Å². The van der Waals surface area contributed by atoms with Crippen LogP contribution in [0.3, 0.4) is 0 Å². The van der Waals surface area contributed by atoms with E-state index in [1.165, 1.54) is 51.4 Å². The van der Waals surface area contributed by atoms with Crippen LogP contribution in [0.15, 0.2) is 0 Å². The van der Waals surface area contributed by atoms with Crippen LogP contribution in [0, 0.1) is 0 Å². The molecule has 0 aliphatic carbocycles. The molecular weight excluding hydrogens is 276 g/mol. The van der Waals surface area contributed by atoms with Crippen LogP contribution in [-0.4, -0.2) is 48.8 Å². The Balaban J connectivity index is 3.18. The Kier molecular flexibility index (Phi) is 12.9. The van der Waals surface area contributed by atoms with Gasteiger partial charge in [-0.15, -0.1) is 0 Å². The second-order valence-corrected chi connectivity index (χ2v) is 6.42. The summed E-state index contributed by atoms with van der Waals surface area (Å²) in [5.41, 5.74) is 0. The zero-order valence-electron chi connectivity index (χ0n) is 15.2. The van der Waals surface area contributed by atoms with Gasteiger partial charge in [-0.25, -0.2) is 0 Å². The highest BCUT2D eigenvalue weighted by Gasteiger charge is 2.01. The normalized spacial score (nSPS) is 10.5. The standard InChI is InChI=1S/C18H36N2O2/c1-17(21)19(3)15-13-11-9-7-5-6-8-10-12-14-16-20(4)18(2)22/h5-16H2,1-4H3. The Labute approximate surface area is 137 Å². The number of hydrogen-bond donors (Lipinski definition) is 0. The monoisotopic (exact) mass is 312 g/mol. The molecule has 0 saturated carbocycles. The molecule has 0 spiro atoms. The van der Waals surface area contributed by atoms with Gasteiger partial charge in [0.1, 0.15) is 0 Å². The van der Waals surface area contributed by atoms with Crippen molar-refractivity contribution in [2.45, 2.75) is 78.1 Å². The van der Waals surface area contributed by atoms with Crippen molar-refractivity contribution in [1.82, 2.24) is 9.80 Å². The maximum Gasteiger partial charge on any atom is 0.219 e. The van der Waals surface area contributed by atoms with Gasteiger partial charge in [-0.3, -0.25) is 9.59 Å². The third-order valence-corrected chi connectivity index (χ3v) is 4.31. The predicted molar refractivity (Wildman–Crippen MR) is 92.8 cm³/mol. The highest BCUT2D eigenvalue weighted by Crippen LogP contribution is 2.11. The quantitative estimate of drug-likeness (QED) is 0.485. The maximum absolute atomic E-state index is 11.0. The van der Waals surface area contributed by atoms with Gasteiger partial charge in [-0.05, 0) is 12.8 Å². The molecule has 0 aliphatic heterocycles. The van der Waals surface area contributed by atoms with Crippen LogP contribution in [0.5, 0.6) is 0 Å². The van der Waals surface area contributed by atoms with Crippen LogP contribution in [0.25, 0.3) is 0 Å². The van der Waals surface area contributed by atoms with E-state index in [2.05, 4.69) is 0 Å². The van der Waals surface area contributed by atoms with Crippen molar-refractivity contribution >= 4 is 11.8 Å². The number of nitrogens with zero attached hydrogens (tertiary/aromatic N) is 2.